The van der Waals surface area contributed by atoms with E-state index < -0.39 is 5.97 Å². The second-order valence-electron chi connectivity index (χ2n) is 5.84. The molecule has 0 saturated carbocycles. The molecule has 1 aliphatic heterocycles. The van der Waals surface area contributed by atoms with Gasteiger partial charge < -0.3 is 14.5 Å². The smallest absolute Gasteiger partial charge is 0.303 e. The Morgan fingerprint density at radius 1 is 1.33 bits per heavy atom. The highest BCUT2D eigenvalue weighted by molar-refractivity contribution is 7.13. The summed E-state index contributed by atoms with van der Waals surface area (Å²) < 4.78 is 5.39. The molecule has 0 aromatic carbocycles. The number of carboxylic acids is 1. The largest absolute Gasteiger partial charge is 0.481 e. The molecule has 8 heteroatoms. The number of piperidine rings is 1. The van der Waals surface area contributed by atoms with Gasteiger partial charge in [0.05, 0.1) is 4.88 Å². The lowest BCUT2D eigenvalue weighted by atomic mass is 9.96. The lowest BCUT2D eigenvalue weighted by molar-refractivity contribution is -0.137. The van der Waals surface area contributed by atoms with Crippen LogP contribution in [0.1, 0.15) is 43.9 Å². The van der Waals surface area contributed by atoms with Gasteiger partial charge >= 0.3 is 5.97 Å². The number of carbonyl (C=O) groups is 2. The monoisotopic (exact) mass is 349 g/mol. The first-order valence-electron chi connectivity index (χ1n) is 8.00. The number of likely N-dealkylation sites (tertiary alicyclic amines) is 1. The Morgan fingerprint density at radius 3 is 2.79 bits per heavy atom. The molecule has 3 rings (SSSR count). The van der Waals surface area contributed by atoms with Gasteiger partial charge in [0.1, 0.15) is 0 Å². The van der Waals surface area contributed by atoms with E-state index in [1.54, 1.807) is 16.2 Å². The van der Waals surface area contributed by atoms with Crippen molar-refractivity contribution in [3.63, 3.8) is 0 Å². The fourth-order valence-electron chi connectivity index (χ4n) is 2.83. The van der Waals surface area contributed by atoms with Crippen LogP contribution in [0.2, 0.25) is 0 Å². The zero-order valence-corrected chi connectivity index (χ0v) is 14.0. The summed E-state index contributed by atoms with van der Waals surface area (Å²) in [7, 11) is 0. The van der Waals surface area contributed by atoms with Crippen molar-refractivity contribution in [1.29, 1.82) is 0 Å². The molecule has 128 valence electrons. The van der Waals surface area contributed by atoms with Crippen molar-refractivity contribution in [3.05, 3.63) is 23.4 Å². The van der Waals surface area contributed by atoms with Crippen LogP contribution in [0, 0.1) is 0 Å². The Bertz CT molecular complexity index is 690. The summed E-state index contributed by atoms with van der Waals surface area (Å²) in [6.07, 6.45) is 2.30. The molecular formula is C16H19N3O4S. The lowest BCUT2D eigenvalue weighted by Crippen LogP contribution is -2.37. The number of nitrogens with zero attached hydrogens (tertiary/aromatic N) is 3. The Hall–Kier alpha value is -2.22. The zero-order chi connectivity index (χ0) is 16.9. The molecule has 24 heavy (non-hydrogen) atoms. The predicted octanol–water partition coefficient (Wildman–Crippen LogP) is 2.76. The summed E-state index contributed by atoms with van der Waals surface area (Å²) in [5.41, 5.74) is 0. The first kappa shape index (κ1) is 16.6. The fourth-order valence-corrected chi connectivity index (χ4v) is 3.48. The van der Waals surface area contributed by atoms with Crippen molar-refractivity contribution in [1.82, 2.24) is 15.0 Å². The maximum atomic E-state index is 12.1. The van der Waals surface area contributed by atoms with E-state index >= 15 is 0 Å². The highest BCUT2D eigenvalue weighted by Crippen LogP contribution is 2.29. The van der Waals surface area contributed by atoms with Gasteiger partial charge in [0.15, 0.2) is 0 Å². The van der Waals surface area contributed by atoms with Crippen LogP contribution in [0.4, 0.5) is 0 Å². The van der Waals surface area contributed by atoms with E-state index in [9.17, 15) is 9.59 Å². The van der Waals surface area contributed by atoms with Gasteiger partial charge in [-0.25, -0.2) is 0 Å². The molecule has 0 radical (unpaired) electrons. The molecule has 2 aromatic heterocycles. The van der Waals surface area contributed by atoms with Crippen molar-refractivity contribution in [2.45, 2.75) is 38.0 Å². The summed E-state index contributed by atoms with van der Waals surface area (Å²) >= 11 is 1.57. The molecule has 1 amide bonds. The summed E-state index contributed by atoms with van der Waals surface area (Å²) in [5, 5.41) is 14.6. The zero-order valence-electron chi connectivity index (χ0n) is 13.2. The van der Waals surface area contributed by atoms with Crippen LogP contribution in [0.25, 0.3) is 10.7 Å². The molecule has 0 spiro atoms. The Kier molecular flexibility index (Phi) is 5.24. The first-order chi connectivity index (χ1) is 11.6. The van der Waals surface area contributed by atoms with Gasteiger partial charge in [0.25, 0.3) is 0 Å². The maximum Gasteiger partial charge on any atom is 0.303 e. The molecule has 7 nitrogen and oxygen atoms in total. The van der Waals surface area contributed by atoms with E-state index in [4.69, 9.17) is 9.63 Å². The quantitative estimate of drug-likeness (QED) is 0.861. The number of amides is 1. The standard InChI is InChI=1S/C16H19N3O4S/c20-13(4-1-5-14(21)22)19-8-6-11(7-9-19)16-17-15(18-23-16)12-3-2-10-24-12/h2-3,10-11H,1,4-9H2,(H,21,22). The molecule has 1 saturated heterocycles. The van der Waals surface area contributed by atoms with Crippen molar-refractivity contribution in [3.8, 4) is 10.7 Å². The average Bonchev–Trinajstić information content (AvgIpc) is 3.26. The van der Waals surface area contributed by atoms with Gasteiger partial charge in [-0.2, -0.15) is 4.98 Å². The van der Waals surface area contributed by atoms with Crippen molar-refractivity contribution < 1.29 is 19.2 Å². The van der Waals surface area contributed by atoms with Crippen LogP contribution < -0.4 is 0 Å². The molecule has 2 aromatic rings. The number of aliphatic carboxylic acids is 1. The van der Waals surface area contributed by atoms with Gasteiger partial charge in [-0.3, -0.25) is 9.59 Å². The highest BCUT2D eigenvalue weighted by atomic mass is 32.1. The Morgan fingerprint density at radius 2 is 2.12 bits per heavy atom. The number of rotatable bonds is 6. The normalized spacial score (nSPS) is 15.6. The fraction of sp³-hybridized carbons (Fsp3) is 0.500. The molecule has 1 fully saturated rings. The van der Waals surface area contributed by atoms with E-state index in [1.807, 2.05) is 17.5 Å². The second-order valence-corrected chi connectivity index (χ2v) is 6.78. The van der Waals surface area contributed by atoms with Crippen LogP contribution in [-0.2, 0) is 9.59 Å². The van der Waals surface area contributed by atoms with Crippen LogP contribution in [0.5, 0.6) is 0 Å². The number of carboxylic acid groups (broad SMARTS) is 1. The van der Waals surface area contributed by atoms with Gasteiger partial charge in [-0.05, 0) is 30.7 Å². The van der Waals surface area contributed by atoms with Crippen molar-refractivity contribution in [2.75, 3.05) is 13.1 Å². The first-order valence-corrected chi connectivity index (χ1v) is 8.88. The summed E-state index contributed by atoms with van der Waals surface area (Å²) in [6.45, 7) is 1.29. The average molecular weight is 349 g/mol. The molecule has 3 heterocycles. The molecule has 0 unspecified atom stereocenters. The van der Waals surface area contributed by atoms with E-state index in [1.165, 1.54) is 0 Å². The van der Waals surface area contributed by atoms with Crippen molar-refractivity contribution >= 4 is 23.2 Å². The molecular weight excluding hydrogens is 330 g/mol. The number of carbonyl (C=O) groups excluding carboxylic acids is 1. The number of hydrogen-bond acceptors (Lipinski definition) is 6. The van der Waals surface area contributed by atoms with E-state index in [2.05, 4.69) is 10.1 Å². The van der Waals surface area contributed by atoms with Gasteiger partial charge in [-0.1, -0.05) is 11.2 Å². The summed E-state index contributed by atoms with van der Waals surface area (Å²) in [6, 6.07) is 3.90. The molecule has 0 bridgehead atoms. The van der Waals surface area contributed by atoms with E-state index in [-0.39, 0.29) is 18.2 Å². The summed E-state index contributed by atoms with van der Waals surface area (Å²) in [5.74, 6) is 0.594. The van der Waals surface area contributed by atoms with Crippen molar-refractivity contribution in [2.24, 2.45) is 0 Å². The van der Waals surface area contributed by atoms with Crippen LogP contribution in [0.15, 0.2) is 22.0 Å². The van der Waals surface area contributed by atoms with Crippen LogP contribution in [-0.4, -0.2) is 45.1 Å². The minimum Gasteiger partial charge on any atom is -0.481 e. The Balaban J connectivity index is 1.50. The molecule has 0 atom stereocenters. The second kappa shape index (κ2) is 7.57. The SMILES string of the molecule is O=C(O)CCCC(=O)N1CCC(c2nc(-c3cccs3)no2)CC1. The van der Waals surface area contributed by atoms with Gasteiger partial charge in [0, 0.05) is 31.8 Å². The van der Waals surface area contributed by atoms with Gasteiger partial charge in [-0.15, -0.1) is 11.3 Å². The van der Waals surface area contributed by atoms with Gasteiger partial charge in [0.2, 0.25) is 17.6 Å². The minimum absolute atomic E-state index is 0.0273. The molecule has 0 aliphatic carbocycles. The maximum absolute atomic E-state index is 12.1. The minimum atomic E-state index is -0.862. The third kappa shape index (κ3) is 4.00. The highest BCUT2D eigenvalue weighted by Gasteiger charge is 2.27. The third-order valence-corrected chi connectivity index (χ3v) is 5.03. The Labute approximate surface area is 143 Å². The lowest BCUT2D eigenvalue weighted by Gasteiger charge is -2.30. The van der Waals surface area contributed by atoms with E-state index in [0.717, 1.165) is 17.7 Å². The number of thiophene rings is 1. The van der Waals surface area contributed by atoms with Crippen LogP contribution in [0.3, 0.4) is 0 Å². The third-order valence-electron chi connectivity index (χ3n) is 4.16. The summed E-state index contributed by atoms with van der Waals surface area (Å²) in [4.78, 5) is 29.8. The van der Waals surface area contributed by atoms with Crippen LogP contribution >= 0.6 is 11.3 Å². The number of hydrogen-bond donors (Lipinski definition) is 1. The molecule has 1 N–H and O–H groups in total. The topological polar surface area (TPSA) is 96.5 Å². The number of aromatic nitrogens is 2. The molecule has 1 aliphatic rings. The predicted molar refractivity (Wildman–Crippen MR) is 87.7 cm³/mol. The van der Waals surface area contributed by atoms with E-state index in [0.29, 0.717) is 37.6 Å².